The third-order valence-corrected chi connectivity index (χ3v) is 3.78. The smallest absolute Gasteiger partial charge is 0.319 e. The summed E-state index contributed by atoms with van der Waals surface area (Å²) < 4.78 is 11.2. The van der Waals surface area contributed by atoms with Gasteiger partial charge < -0.3 is 15.7 Å². The molecule has 0 spiro atoms. The number of carboxylic acids is 1. The van der Waals surface area contributed by atoms with E-state index in [1.54, 1.807) is 24.3 Å². The number of carboxylic acid groups (broad SMARTS) is 1. The minimum atomic E-state index is -0.923. The van der Waals surface area contributed by atoms with Gasteiger partial charge >= 0.3 is 12.0 Å². The van der Waals surface area contributed by atoms with Gasteiger partial charge in [0, 0.05) is 34.5 Å². The van der Waals surface area contributed by atoms with E-state index in [1.807, 2.05) is 6.92 Å². The third kappa shape index (κ3) is 6.33. The van der Waals surface area contributed by atoms with Crippen LogP contribution in [-0.2, 0) is 22.0 Å². The Kier molecular flexibility index (Phi) is 6.72. The largest absolute Gasteiger partial charge is 0.481 e. The van der Waals surface area contributed by atoms with E-state index in [9.17, 15) is 13.8 Å². The lowest BCUT2D eigenvalue weighted by atomic mass is 10.1. The van der Waals surface area contributed by atoms with E-state index in [1.165, 1.54) is 0 Å². The minimum absolute atomic E-state index is 0.0907. The maximum atomic E-state index is 11.6. The normalized spacial score (nSPS) is 11.7. The van der Waals surface area contributed by atoms with Gasteiger partial charge in [-0.15, -0.1) is 0 Å². The molecule has 1 rings (SSSR count). The Hall–Kier alpha value is -1.89. The second-order valence-corrected chi connectivity index (χ2v) is 5.95. The third-order valence-electron chi connectivity index (χ3n) is 2.48. The number of hydrogen-bond donors (Lipinski definition) is 3. The van der Waals surface area contributed by atoms with Gasteiger partial charge in [-0.25, -0.2) is 4.79 Å². The summed E-state index contributed by atoms with van der Waals surface area (Å²) in [6.07, 6.45) is -0.0907. The van der Waals surface area contributed by atoms with E-state index in [2.05, 4.69) is 10.6 Å². The number of hydrogen-bond acceptors (Lipinski definition) is 3. The molecular formula is C13H18N2O4S. The molecule has 1 aromatic carbocycles. The van der Waals surface area contributed by atoms with Crippen molar-refractivity contribution in [3.63, 3.8) is 0 Å². The van der Waals surface area contributed by atoms with Gasteiger partial charge in [0.05, 0.1) is 6.42 Å². The van der Waals surface area contributed by atoms with Crippen molar-refractivity contribution in [2.45, 2.75) is 13.3 Å². The second-order valence-electron chi connectivity index (χ2n) is 4.08. The van der Waals surface area contributed by atoms with Gasteiger partial charge in [-0.2, -0.15) is 0 Å². The van der Waals surface area contributed by atoms with Crippen LogP contribution < -0.4 is 10.6 Å². The highest BCUT2D eigenvalue weighted by atomic mass is 32.2. The zero-order chi connectivity index (χ0) is 15.0. The Morgan fingerprint density at radius 3 is 2.75 bits per heavy atom. The molecule has 0 bridgehead atoms. The van der Waals surface area contributed by atoms with Gasteiger partial charge in [0.1, 0.15) is 0 Å². The van der Waals surface area contributed by atoms with Gasteiger partial charge in [0.2, 0.25) is 0 Å². The number of amides is 2. The van der Waals surface area contributed by atoms with Crippen LogP contribution in [0.3, 0.4) is 0 Å². The van der Waals surface area contributed by atoms with Crippen molar-refractivity contribution in [3.8, 4) is 0 Å². The lowest BCUT2D eigenvalue weighted by molar-refractivity contribution is -0.136. The summed E-state index contributed by atoms with van der Waals surface area (Å²) in [5.41, 5.74) is 1.14. The number of aliphatic carboxylic acids is 1. The number of nitrogens with one attached hydrogen (secondary N) is 2. The van der Waals surface area contributed by atoms with Crippen LogP contribution in [0.5, 0.6) is 0 Å². The first-order valence-electron chi connectivity index (χ1n) is 6.22. The summed E-state index contributed by atoms with van der Waals surface area (Å²) in [6.45, 7) is 2.16. The topological polar surface area (TPSA) is 95.5 Å². The number of urea groups is 1. The molecule has 0 aliphatic rings. The minimum Gasteiger partial charge on any atom is -0.481 e. The molecule has 0 aromatic heterocycles. The molecule has 3 N–H and O–H groups in total. The van der Waals surface area contributed by atoms with Crippen LogP contribution in [-0.4, -0.2) is 39.4 Å². The van der Waals surface area contributed by atoms with Crippen molar-refractivity contribution < 1.29 is 18.9 Å². The predicted molar refractivity (Wildman–Crippen MR) is 78.4 cm³/mol. The van der Waals surface area contributed by atoms with Crippen molar-refractivity contribution in [2.24, 2.45) is 0 Å². The van der Waals surface area contributed by atoms with Gasteiger partial charge in [-0.1, -0.05) is 19.1 Å². The lowest BCUT2D eigenvalue weighted by Gasteiger charge is -2.08. The molecule has 20 heavy (non-hydrogen) atoms. The fourth-order valence-corrected chi connectivity index (χ4v) is 2.15. The van der Waals surface area contributed by atoms with Crippen LogP contribution in [0, 0.1) is 0 Å². The first kappa shape index (κ1) is 16.2. The molecule has 1 atom stereocenters. The molecule has 0 aliphatic carbocycles. The molecule has 0 heterocycles. The SMILES string of the molecule is CCS(=O)CCNC(=O)Nc1cccc(CC(=O)O)c1. The number of carbonyl (C=O) groups excluding carboxylic acids is 1. The Bertz CT molecular complexity index is 505. The van der Waals surface area contributed by atoms with E-state index < -0.39 is 22.8 Å². The molecular weight excluding hydrogens is 280 g/mol. The molecule has 7 heteroatoms. The standard InChI is InChI=1S/C13H18N2O4S/c1-2-20(19)7-6-14-13(18)15-11-5-3-4-10(8-11)9-12(16)17/h3-5,8H,2,6-7,9H2,1H3,(H,16,17)(H2,14,15,18). The van der Waals surface area contributed by atoms with E-state index >= 15 is 0 Å². The Balaban J connectivity index is 2.45. The monoisotopic (exact) mass is 298 g/mol. The quantitative estimate of drug-likeness (QED) is 0.705. The molecule has 6 nitrogen and oxygen atoms in total. The summed E-state index contributed by atoms with van der Waals surface area (Å²) in [5.74, 6) is 0.0670. The second kappa shape index (κ2) is 8.31. The average molecular weight is 298 g/mol. The van der Waals surface area contributed by atoms with Crippen LogP contribution in [0.1, 0.15) is 12.5 Å². The summed E-state index contributed by atoms with van der Waals surface area (Å²) in [5, 5.41) is 13.9. The number of anilines is 1. The zero-order valence-corrected chi connectivity index (χ0v) is 12.0. The van der Waals surface area contributed by atoms with Crippen LogP contribution in [0.2, 0.25) is 0 Å². The zero-order valence-electron chi connectivity index (χ0n) is 11.2. The number of carbonyl (C=O) groups is 2. The molecule has 0 saturated carbocycles. The fourth-order valence-electron chi connectivity index (χ4n) is 1.53. The average Bonchev–Trinajstić information content (AvgIpc) is 2.38. The molecule has 1 unspecified atom stereocenters. The Morgan fingerprint density at radius 2 is 2.10 bits per heavy atom. The van der Waals surface area contributed by atoms with Crippen LogP contribution in [0.25, 0.3) is 0 Å². The molecule has 0 radical (unpaired) electrons. The van der Waals surface area contributed by atoms with E-state index in [4.69, 9.17) is 5.11 Å². The summed E-state index contributed by atoms with van der Waals surface area (Å²) in [4.78, 5) is 22.2. The van der Waals surface area contributed by atoms with Crippen molar-refractivity contribution >= 4 is 28.5 Å². The van der Waals surface area contributed by atoms with Gasteiger partial charge in [0.25, 0.3) is 0 Å². The maximum Gasteiger partial charge on any atom is 0.319 e. The van der Waals surface area contributed by atoms with Gasteiger partial charge in [-0.3, -0.25) is 9.00 Å². The van der Waals surface area contributed by atoms with Gasteiger partial charge in [0.15, 0.2) is 0 Å². The highest BCUT2D eigenvalue weighted by Crippen LogP contribution is 2.11. The van der Waals surface area contributed by atoms with Crippen LogP contribution in [0.4, 0.5) is 10.5 Å². The van der Waals surface area contributed by atoms with E-state index in [0.717, 1.165) is 0 Å². The molecule has 1 aromatic rings. The van der Waals surface area contributed by atoms with Crippen molar-refractivity contribution in [2.75, 3.05) is 23.4 Å². The number of benzene rings is 1. The van der Waals surface area contributed by atoms with Crippen LogP contribution >= 0.6 is 0 Å². The van der Waals surface area contributed by atoms with Crippen molar-refractivity contribution in [1.82, 2.24) is 5.32 Å². The van der Waals surface area contributed by atoms with Crippen LogP contribution in [0.15, 0.2) is 24.3 Å². The first-order valence-corrected chi connectivity index (χ1v) is 7.70. The van der Waals surface area contributed by atoms with Gasteiger partial charge in [-0.05, 0) is 17.7 Å². The maximum absolute atomic E-state index is 11.6. The Labute approximate surface area is 120 Å². The molecule has 2 amide bonds. The lowest BCUT2D eigenvalue weighted by Crippen LogP contribution is -2.32. The van der Waals surface area contributed by atoms with E-state index in [-0.39, 0.29) is 6.42 Å². The molecule has 0 fully saturated rings. The highest BCUT2D eigenvalue weighted by Gasteiger charge is 2.05. The molecule has 110 valence electrons. The Morgan fingerprint density at radius 1 is 1.35 bits per heavy atom. The fraction of sp³-hybridized carbons (Fsp3) is 0.385. The van der Waals surface area contributed by atoms with E-state index in [0.29, 0.717) is 29.3 Å². The summed E-state index contributed by atoms with van der Waals surface area (Å²) in [7, 11) is -0.908. The molecule has 0 saturated heterocycles. The van der Waals surface area contributed by atoms with Crippen molar-refractivity contribution in [1.29, 1.82) is 0 Å². The predicted octanol–water partition coefficient (Wildman–Crippen LogP) is 1.20. The number of rotatable bonds is 7. The molecule has 0 aliphatic heterocycles. The highest BCUT2D eigenvalue weighted by molar-refractivity contribution is 7.84. The summed E-state index contributed by atoms with van der Waals surface area (Å²) in [6, 6.07) is 6.25. The van der Waals surface area contributed by atoms with Crippen molar-refractivity contribution in [3.05, 3.63) is 29.8 Å². The summed E-state index contributed by atoms with van der Waals surface area (Å²) >= 11 is 0. The first-order chi connectivity index (χ1) is 9.51.